The van der Waals surface area contributed by atoms with Crippen molar-refractivity contribution in [3.63, 3.8) is 0 Å². The summed E-state index contributed by atoms with van der Waals surface area (Å²) in [6.45, 7) is 20.0. The van der Waals surface area contributed by atoms with E-state index in [-0.39, 0.29) is 0 Å². The maximum atomic E-state index is 5.97. The van der Waals surface area contributed by atoms with Crippen LogP contribution in [0.2, 0.25) is 16.6 Å². The van der Waals surface area contributed by atoms with Gasteiger partial charge in [0.15, 0.2) is 0 Å². The molecular weight excluding hydrogens is 248 g/mol. The average molecular weight is 283 g/mol. The molecule has 1 aliphatic rings. The second-order valence-corrected chi connectivity index (χ2v) is 13.3. The highest BCUT2D eigenvalue weighted by Gasteiger charge is 2.41. The number of hydrogen-bond acceptors (Lipinski definition) is 1. The van der Waals surface area contributed by atoms with E-state index in [1.54, 1.807) is 5.57 Å². The van der Waals surface area contributed by atoms with Crippen LogP contribution < -0.4 is 0 Å². The Balaban J connectivity index is 3.02. The van der Waals surface area contributed by atoms with Crippen LogP contribution in [0.25, 0.3) is 0 Å². The van der Waals surface area contributed by atoms with Gasteiger partial charge in [0.25, 0.3) is 0 Å². The zero-order chi connectivity index (χ0) is 14.8. The van der Waals surface area contributed by atoms with E-state index in [2.05, 4.69) is 61.1 Å². The normalized spacial score (nSPS) is 23.6. The standard InChI is InChI=1S/C17H34OSi/c1-12(2)17-9-16(10-18-17)11-19(13(3)4,14(5)6)15(7)8/h11-15,17H,9-10H2,1-8H3/b16-11-. The summed E-state index contributed by atoms with van der Waals surface area (Å²) in [5, 5.41) is 0. The highest BCUT2D eigenvalue weighted by molar-refractivity contribution is 6.88. The third-order valence-electron chi connectivity index (χ3n) is 5.14. The molecule has 0 radical (unpaired) electrons. The molecule has 0 spiro atoms. The minimum Gasteiger partial charge on any atom is -0.373 e. The summed E-state index contributed by atoms with van der Waals surface area (Å²) < 4.78 is 5.97. The van der Waals surface area contributed by atoms with Crippen molar-refractivity contribution >= 4 is 8.07 Å². The lowest BCUT2D eigenvalue weighted by Gasteiger charge is -2.41. The molecule has 1 atom stereocenters. The second-order valence-electron chi connectivity index (χ2n) is 7.56. The first-order valence-electron chi connectivity index (χ1n) is 8.04. The first-order chi connectivity index (χ1) is 8.71. The van der Waals surface area contributed by atoms with Crippen molar-refractivity contribution in [1.82, 2.24) is 0 Å². The molecule has 0 aromatic heterocycles. The Morgan fingerprint density at radius 3 is 1.74 bits per heavy atom. The van der Waals surface area contributed by atoms with Crippen LogP contribution >= 0.6 is 0 Å². The summed E-state index contributed by atoms with van der Waals surface area (Å²) in [4.78, 5) is 0. The van der Waals surface area contributed by atoms with Crippen molar-refractivity contribution in [3.05, 3.63) is 11.3 Å². The molecule has 112 valence electrons. The predicted molar refractivity (Wildman–Crippen MR) is 88.3 cm³/mol. The van der Waals surface area contributed by atoms with Crippen LogP contribution in [0.5, 0.6) is 0 Å². The minimum atomic E-state index is -1.40. The summed E-state index contributed by atoms with van der Waals surface area (Å²) in [5.41, 5.74) is 6.71. The molecule has 0 amide bonds. The first-order valence-corrected chi connectivity index (χ1v) is 10.3. The molecule has 1 nitrogen and oxygen atoms in total. The minimum absolute atomic E-state index is 0.449. The van der Waals surface area contributed by atoms with Crippen molar-refractivity contribution < 1.29 is 4.74 Å². The Bertz CT molecular complexity index is 293. The Hall–Kier alpha value is -0.0831. The molecule has 1 aliphatic heterocycles. The van der Waals surface area contributed by atoms with Gasteiger partial charge < -0.3 is 4.74 Å². The van der Waals surface area contributed by atoms with Crippen molar-refractivity contribution in [3.8, 4) is 0 Å². The molecule has 0 bridgehead atoms. The summed E-state index contributed by atoms with van der Waals surface area (Å²) >= 11 is 0. The Labute approximate surface area is 121 Å². The fourth-order valence-corrected chi connectivity index (χ4v) is 9.88. The monoisotopic (exact) mass is 282 g/mol. The molecule has 2 heteroatoms. The molecular formula is C17H34OSi. The quantitative estimate of drug-likeness (QED) is 0.598. The van der Waals surface area contributed by atoms with Gasteiger partial charge in [-0.05, 0) is 34.5 Å². The van der Waals surface area contributed by atoms with Gasteiger partial charge in [-0.3, -0.25) is 0 Å². The lowest BCUT2D eigenvalue weighted by molar-refractivity contribution is 0.0775. The highest BCUT2D eigenvalue weighted by atomic mass is 28.3. The van der Waals surface area contributed by atoms with Gasteiger partial charge in [0.2, 0.25) is 0 Å². The van der Waals surface area contributed by atoms with E-state index >= 15 is 0 Å². The maximum absolute atomic E-state index is 5.97. The van der Waals surface area contributed by atoms with Gasteiger partial charge in [0.1, 0.15) is 0 Å². The lowest BCUT2D eigenvalue weighted by Crippen LogP contribution is -2.43. The van der Waals surface area contributed by atoms with Crippen LogP contribution in [0.3, 0.4) is 0 Å². The third-order valence-corrected chi connectivity index (χ3v) is 12.1. The van der Waals surface area contributed by atoms with E-state index in [1.807, 2.05) is 0 Å². The van der Waals surface area contributed by atoms with E-state index in [1.165, 1.54) is 6.42 Å². The molecule has 1 unspecified atom stereocenters. The Morgan fingerprint density at radius 1 is 0.947 bits per heavy atom. The van der Waals surface area contributed by atoms with Gasteiger partial charge in [-0.1, -0.05) is 61.1 Å². The zero-order valence-corrected chi connectivity index (χ0v) is 15.3. The SMILES string of the molecule is CC(C)C1C/C(=C/[Si](C(C)C)(C(C)C)C(C)C)CO1. The molecule has 0 saturated carbocycles. The van der Waals surface area contributed by atoms with Crippen molar-refractivity contribution in [1.29, 1.82) is 0 Å². The molecule has 0 aromatic rings. The highest BCUT2D eigenvalue weighted by Crippen LogP contribution is 2.44. The van der Waals surface area contributed by atoms with E-state index in [9.17, 15) is 0 Å². The fourth-order valence-electron chi connectivity index (χ4n) is 3.97. The first kappa shape index (κ1) is 17.0. The van der Waals surface area contributed by atoms with Gasteiger partial charge in [-0.2, -0.15) is 0 Å². The molecule has 19 heavy (non-hydrogen) atoms. The second kappa shape index (κ2) is 6.58. The molecule has 1 fully saturated rings. The lowest BCUT2D eigenvalue weighted by atomic mass is 10.0. The van der Waals surface area contributed by atoms with Crippen LogP contribution in [0.1, 0.15) is 61.8 Å². The van der Waals surface area contributed by atoms with Crippen LogP contribution in [-0.4, -0.2) is 20.8 Å². The average Bonchev–Trinajstić information content (AvgIpc) is 2.72. The molecule has 0 N–H and O–H groups in total. The van der Waals surface area contributed by atoms with E-state index in [0.717, 1.165) is 23.2 Å². The number of ether oxygens (including phenoxy) is 1. The van der Waals surface area contributed by atoms with Gasteiger partial charge in [-0.15, -0.1) is 0 Å². The van der Waals surface area contributed by atoms with Gasteiger partial charge in [-0.25, -0.2) is 0 Å². The molecule has 1 heterocycles. The number of hydrogen-bond donors (Lipinski definition) is 0. The van der Waals surface area contributed by atoms with Crippen molar-refractivity contribution in [2.75, 3.05) is 6.61 Å². The predicted octanol–water partition coefficient (Wildman–Crippen LogP) is 5.58. The van der Waals surface area contributed by atoms with Crippen LogP contribution in [0.4, 0.5) is 0 Å². The molecule has 1 rings (SSSR count). The summed E-state index contributed by atoms with van der Waals surface area (Å²) in [7, 11) is -1.40. The smallest absolute Gasteiger partial charge is 0.0854 e. The Morgan fingerprint density at radius 2 is 1.42 bits per heavy atom. The van der Waals surface area contributed by atoms with Crippen molar-refractivity contribution in [2.24, 2.45) is 5.92 Å². The maximum Gasteiger partial charge on any atom is 0.0854 e. The summed E-state index contributed by atoms with van der Waals surface area (Å²) in [6, 6.07) is 0. The summed E-state index contributed by atoms with van der Waals surface area (Å²) in [6.07, 6.45) is 1.61. The zero-order valence-electron chi connectivity index (χ0n) is 14.3. The van der Waals surface area contributed by atoms with Crippen LogP contribution in [0.15, 0.2) is 11.3 Å². The van der Waals surface area contributed by atoms with Crippen LogP contribution in [-0.2, 0) is 4.74 Å². The van der Waals surface area contributed by atoms with E-state index in [4.69, 9.17) is 4.74 Å². The Kier molecular flexibility index (Phi) is 5.88. The summed E-state index contributed by atoms with van der Waals surface area (Å²) in [5.74, 6) is 0.638. The van der Waals surface area contributed by atoms with Crippen LogP contribution in [0, 0.1) is 5.92 Å². The van der Waals surface area contributed by atoms with E-state index < -0.39 is 8.07 Å². The topological polar surface area (TPSA) is 9.23 Å². The third kappa shape index (κ3) is 3.52. The molecule has 0 aromatic carbocycles. The van der Waals surface area contributed by atoms with Gasteiger partial charge in [0.05, 0.1) is 20.8 Å². The largest absolute Gasteiger partial charge is 0.373 e. The van der Waals surface area contributed by atoms with Gasteiger partial charge in [0, 0.05) is 0 Å². The number of rotatable bonds is 5. The molecule has 1 saturated heterocycles. The molecule has 0 aliphatic carbocycles. The van der Waals surface area contributed by atoms with Gasteiger partial charge >= 0.3 is 0 Å². The van der Waals surface area contributed by atoms with E-state index in [0.29, 0.717) is 12.0 Å². The fraction of sp³-hybridized carbons (Fsp3) is 0.882. The van der Waals surface area contributed by atoms with Crippen molar-refractivity contribution in [2.45, 2.75) is 84.5 Å².